The number of hydrogen-bond donors (Lipinski definition) is 3. The van der Waals surface area contributed by atoms with Gasteiger partial charge in [-0.25, -0.2) is 4.98 Å². The molecule has 1 atom stereocenters. The first kappa shape index (κ1) is 21.3. The molecule has 0 spiro atoms. The van der Waals surface area contributed by atoms with E-state index in [0.717, 1.165) is 28.2 Å². The van der Waals surface area contributed by atoms with Crippen molar-refractivity contribution in [2.75, 3.05) is 5.32 Å². The number of rotatable bonds is 5. The Balaban J connectivity index is 1.94. The highest BCUT2D eigenvalue weighted by Gasteiger charge is 2.28. The topological polar surface area (TPSA) is 115 Å². The van der Waals surface area contributed by atoms with Gasteiger partial charge in [-0.3, -0.25) is 4.72 Å². The molecule has 9 heteroatoms. The third-order valence-electron chi connectivity index (χ3n) is 4.68. The van der Waals surface area contributed by atoms with Crippen LogP contribution in [0.4, 0.5) is 5.69 Å². The second-order valence-electron chi connectivity index (χ2n) is 7.95. The van der Waals surface area contributed by atoms with Crippen molar-refractivity contribution in [3.05, 3.63) is 51.8 Å². The van der Waals surface area contributed by atoms with Crippen LogP contribution in [0.3, 0.4) is 0 Å². The molecule has 29 heavy (non-hydrogen) atoms. The fourth-order valence-corrected chi connectivity index (χ4v) is 5.31. The second kappa shape index (κ2) is 7.44. The molecule has 1 aliphatic rings. The highest BCUT2D eigenvalue weighted by Crippen LogP contribution is 2.38. The predicted octanol–water partition coefficient (Wildman–Crippen LogP) is 3.71. The average molecular weight is 433 g/mol. The minimum Gasteiger partial charge on any atom is -0.385 e. The van der Waals surface area contributed by atoms with Gasteiger partial charge in [-0.05, 0) is 49.1 Å². The summed E-state index contributed by atoms with van der Waals surface area (Å²) in [5.41, 5.74) is 2.15. The molecule has 1 aromatic carbocycles. The molecule has 0 saturated heterocycles. The third-order valence-corrected chi connectivity index (χ3v) is 7.75. The number of nitriles is 1. The fourth-order valence-electron chi connectivity index (χ4n) is 3.14. The zero-order valence-corrected chi connectivity index (χ0v) is 18.6. The van der Waals surface area contributed by atoms with Gasteiger partial charge >= 0.3 is 0 Å². The summed E-state index contributed by atoms with van der Waals surface area (Å²) in [7, 11) is -3.91. The van der Waals surface area contributed by atoms with Crippen LogP contribution in [-0.4, -0.2) is 18.5 Å². The summed E-state index contributed by atoms with van der Waals surface area (Å²) < 4.78 is 28.1. The van der Waals surface area contributed by atoms with E-state index in [1.807, 2.05) is 32.9 Å². The molecule has 0 radical (unpaired) electrons. The van der Waals surface area contributed by atoms with Gasteiger partial charge < -0.3 is 10.4 Å². The van der Waals surface area contributed by atoms with Gasteiger partial charge in [0.15, 0.2) is 0 Å². The van der Waals surface area contributed by atoms with Crippen molar-refractivity contribution in [1.82, 2.24) is 9.71 Å². The quantitative estimate of drug-likeness (QED) is 0.663. The van der Waals surface area contributed by atoms with Crippen molar-refractivity contribution in [3.8, 4) is 6.07 Å². The molecule has 7 nitrogen and oxygen atoms in total. The van der Waals surface area contributed by atoms with Crippen LogP contribution < -0.4 is 10.0 Å². The minimum atomic E-state index is -3.91. The number of allylic oxidation sites excluding steroid dienone is 1. The second-order valence-corrected chi connectivity index (χ2v) is 10.8. The number of thiazole rings is 1. The van der Waals surface area contributed by atoms with Gasteiger partial charge in [0.05, 0.1) is 22.1 Å². The van der Waals surface area contributed by atoms with Crippen molar-refractivity contribution < 1.29 is 13.5 Å². The van der Waals surface area contributed by atoms with Gasteiger partial charge in [0.1, 0.15) is 5.82 Å². The van der Waals surface area contributed by atoms with E-state index in [2.05, 4.69) is 21.1 Å². The maximum absolute atomic E-state index is 12.8. The molecule has 154 valence electrons. The van der Waals surface area contributed by atoms with Crippen molar-refractivity contribution >= 4 is 27.0 Å². The Bertz CT molecular complexity index is 1120. The SMILES string of the molecule is CC(C)c1cc(C#N)cc2c1NC(NS(=O)(=O)c1ncc(C(C)(C)O)s1)=CC2C. The minimum absolute atomic E-state index is 0.0852. The van der Waals surface area contributed by atoms with E-state index in [-0.39, 0.29) is 16.2 Å². The van der Waals surface area contributed by atoms with Gasteiger partial charge in [0.25, 0.3) is 10.0 Å². The number of nitrogens with one attached hydrogen (secondary N) is 2. The summed E-state index contributed by atoms with van der Waals surface area (Å²) in [6.07, 6.45) is 3.15. The lowest BCUT2D eigenvalue weighted by Gasteiger charge is -2.28. The highest BCUT2D eigenvalue weighted by atomic mass is 32.2. The molecular formula is C20H24N4O3S2. The first-order valence-electron chi connectivity index (χ1n) is 9.20. The first-order chi connectivity index (χ1) is 13.4. The van der Waals surface area contributed by atoms with Crippen LogP contribution in [-0.2, 0) is 15.6 Å². The molecule has 1 aliphatic heterocycles. The maximum atomic E-state index is 12.8. The van der Waals surface area contributed by atoms with Crippen LogP contribution in [0, 0.1) is 11.3 Å². The van der Waals surface area contributed by atoms with Crippen molar-refractivity contribution in [2.45, 2.75) is 56.4 Å². The maximum Gasteiger partial charge on any atom is 0.290 e. The van der Waals surface area contributed by atoms with E-state index in [1.165, 1.54) is 6.20 Å². The van der Waals surface area contributed by atoms with Crippen molar-refractivity contribution in [2.24, 2.45) is 0 Å². The van der Waals surface area contributed by atoms with Crippen LogP contribution in [0.5, 0.6) is 0 Å². The summed E-state index contributed by atoms with van der Waals surface area (Å²) in [6.45, 7) is 9.17. The fraction of sp³-hybridized carbons (Fsp3) is 0.400. The van der Waals surface area contributed by atoms with Crippen LogP contribution in [0.15, 0.2) is 34.6 Å². The van der Waals surface area contributed by atoms with Crippen molar-refractivity contribution in [3.63, 3.8) is 0 Å². The Hall–Kier alpha value is -2.41. The van der Waals surface area contributed by atoms with E-state index in [1.54, 1.807) is 19.9 Å². The Labute approximate surface area is 175 Å². The van der Waals surface area contributed by atoms with Gasteiger partial charge in [0, 0.05) is 17.8 Å². The lowest BCUT2D eigenvalue weighted by molar-refractivity contribution is 0.0823. The number of aliphatic hydroxyl groups is 1. The lowest BCUT2D eigenvalue weighted by Crippen LogP contribution is -2.30. The Kier molecular flexibility index (Phi) is 5.47. The van der Waals surface area contributed by atoms with Crippen LogP contribution in [0.2, 0.25) is 0 Å². The number of fused-ring (bicyclic) bond motifs is 1. The molecule has 3 N–H and O–H groups in total. The molecule has 0 aliphatic carbocycles. The third kappa shape index (κ3) is 4.29. The van der Waals surface area contributed by atoms with Gasteiger partial charge in [-0.1, -0.05) is 20.8 Å². The zero-order chi connectivity index (χ0) is 21.6. The number of benzene rings is 1. The van der Waals surface area contributed by atoms with Crippen molar-refractivity contribution in [1.29, 1.82) is 5.26 Å². The van der Waals surface area contributed by atoms with Gasteiger partial charge in [-0.2, -0.15) is 13.7 Å². The first-order valence-corrected chi connectivity index (χ1v) is 11.5. The molecule has 0 amide bonds. The summed E-state index contributed by atoms with van der Waals surface area (Å²) >= 11 is 0.932. The van der Waals surface area contributed by atoms with Crippen LogP contribution in [0.25, 0.3) is 0 Å². The van der Waals surface area contributed by atoms with E-state index < -0.39 is 15.6 Å². The Morgan fingerprint density at radius 2 is 2.07 bits per heavy atom. The smallest absolute Gasteiger partial charge is 0.290 e. The average Bonchev–Trinajstić information content (AvgIpc) is 3.12. The van der Waals surface area contributed by atoms with Gasteiger partial charge in [-0.15, -0.1) is 11.3 Å². The summed E-state index contributed by atoms with van der Waals surface area (Å²) in [6, 6.07) is 5.85. The number of aromatic nitrogens is 1. The molecule has 3 rings (SSSR count). The molecule has 0 saturated carbocycles. The zero-order valence-electron chi connectivity index (χ0n) is 16.9. The summed E-state index contributed by atoms with van der Waals surface area (Å²) in [5, 5.41) is 22.6. The molecule has 0 fully saturated rings. The summed E-state index contributed by atoms with van der Waals surface area (Å²) in [5.74, 6) is 0.413. The number of nitrogens with zero attached hydrogens (tertiary/aromatic N) is 2. The Morgan fingerprint density at radius 3 is 2.62 bits per heavy atom. The molecule has 1 aromatic heterocycles. The van der Waals surface area contributed by atoms with E-state index in [4.69, 9.17) is 0 Å². The van der Waals surface area contributed by atoms with E-state index in [0.29, 0.717) is 16.3 Å². The number of sulfonamides is 1. The normalized spacial score (nSPS) is 16.6. The molecule has 1 unspecified atom stereocenters. The monoisotopic (exact) mass is 432 g/mol. The molecule has 0 bridgehead atoms. The highest BCUT2D eigenvalue weighted by molar-refractivity contribution is 7.91. The molecule has 2 heterocycles. The lowest BCUT2D eigenvalue weighted by atomic mass is 9.88. The van der Waals surface area contributed by atoms with Crippen LogP contribution >= 0.6 is 11.3 Å². The largest absolute Gasteiger partial charge is 0.385 e. The Morgan fingerprint density at radius 1 is 1.38 bits per heavy atom. The molecule has 2 aromatic rings. The van der Waals surface area contributed by atoms with E-state index >= 15 is 0 Å². The predicted molar refractivity (Wildman–Crippen MR) is 113 cm³/mol. The summed E-state index contributed by atoms with van der Waals surface area (Å²) in [4.78, 5) is 4.43. The number of hydrogen-bond acceptors (Lipinski definition) is 7. The molecular weight excluding hydrogens is 408 g/mol. The van der Waals surface area contributed by atoms with Gasteiger partial charge in [0.2, 0.25) is 4.34 Å². The van der Waals surface area contributed by atoms with E-state index in [9.17, 15) is 18.8 Å². The standard InChI is InChI=1S/C20H24N4O3S2/c1-11(2)14-7-13(9-21)8-15-12(3)6-17(23-18(14)15)24-29(26,27)19-22-10-16(28-19)20(4,5)25/h6-8,10-12,23-25H,1-5H3. The van der Waals surface area contributed by atoms with Crippen LogP contribution in [0.1, 0.15) is 68.0 Å². The number of anilines is 1.